The molecular weight excluding hydrogens is 691 g/mol. The van der Waals surface area contributed by atoms with Crippen molar-refractivity contribution in [3.8, 4) is 5.75 Å². The van der Waals surface area contributed by atoms with E-state index in [1.807, 2.05) is 37.3 Å². The molecule has 2 heterocycles. The van der Waals surface area contributed by atoms with Crippen molar-refractivity contribution in [2.24, 2.45) is 5.92 Å². The Morgan fingerprint density at radius 2 is 1.80 bits per heavy atom. The highest BCUT2D eigenvalue weighted by Gasteiger charge is 2.34. The zero-order valence-electron chi connectivity index (χ0n) is 34.5. The molecule has 2 aromatic heterocycles. The van der Waals surface area contributed by atoms with Crippen LogP contribution in [0.15, 0.2) is 70.4 Å². The number of allylic oxidation sites excluding steroid dienone is 3. The predicted octanol–water partition coefficient (Wildman–Crippen LogP) is 10.8. The van der Waals surface area contributed by atoms with E-state index in [0.717, 1.165) is 93.6 Å². The molecule has 8 heteroatoms. The third-order valence-corrected chi connectivity index (χ3v) is 12.1. The molecule has 2 unspecified atom stereocenters. The number of aromatic amines is 1. The minimum absolute atomic E-state index is 0.122. The molecule has 4 rings (SSSR count). The lowest BCUT2D eigenvalue weighted by molar-refractivity contribution is 0.0567. The van der Waals surface area contributed by atoms with Crippen LogP contribution in [-0.2, 0) is 10.3 Å². The van der Waals surface area contributed by atoms with Crippen molar-refractivity contribution in [2.45, 2.75) is 142 Å². The number of hydrogen-bond donors (Lipinski definition) is 4. The minimum atomic E-state index is -0.866. The van der Waals surface area contributed by atoms with E-state index in [-0.39, 0.29) is 11.3 Å². The zero-order valence-corrected chi connectivity index (χ0v) is 35.3. The van der Waals surface area contributed by atoms with Crippen molar-refractivity contribution in [1.29, 1.82) is 0 Å². The van der Waals surface area contributed by atoms with E-state index in [1.54, 1.807) is 23.5 Å². The molecule has 7 nitrogen and oxygen atoms in total. The van der Waals surface area contributed by atoms with Crippen molar-refractivity contribution in [1.82, 2.24) is 15.2 Å². The molecule has 0 aliphatic heterocycles. The van der Waals surface area contributed by atoms with Gasteiger partial charge in [-0.15, -0.1) is 11.3 Å². The van der Waals surface area contributed by atoms with E-state index in [1.165, 1.54) is 50.5 Å². The SMILES string of the molecule is C/C=C\C=C(/C)C(O)(CCC1CCC(N(C)CCCOCCCCCCNCC(CCC)c2ccc(O)c3[nH]c(=O)ccc23)CC1)c1cccs1.CCC. The van der Waals surface area contributed by atoms with Crippen molar-refractivity contribution >= 4 is 22.2 Å². The number of unbranched alkanes of at least 4 members (excludes halogenated alkanes) is 3. The largest absolute Gasteiger partial charge is 0.506 e. The van der Waals surface area contributed by atoms with E-state index in [0.29, 0.717) is 23.4 Å². The van der Waals surface area contributed by atoms with E-state index in [2.05, 4.69) is 67.5 Å². The van der Waals surface area contributed by atoms with Crippen molar-refractivity contribution in [3.63, 3.8) is 0 Å². The van der Waals surface area contributed by atoms with Gasteiger partial charge in [0.15, 0.2) is 0 Å². The average Bonchev–Trinajstić information content (AvgIpc) is 3.73. The second-order valence-electron chi connectivity index (χ2n) is 15.5. The Balaban J connectivity index is 0.00000253. The summed E-state index contributed by atoms with van der Waals surface area (Å²) in [4.78, 5) is 18.2. The maximum Gasteiger partial charge on any atom is 0.248 e. The van der Waals surface area contributed by atoms with E-state index in [4.69, 9.17) is 4.74 Å². The molecule has 0 bridgehead atoms. The van der Waals surface area contributed by atoms with Crippen LogP contribution in [0.4, 0.5) is 0 Å². The highest BCUT2D eigenvalue weighted by molar-refractivity contribution is 7.10. The number of nitrogens with zero attached hydrogens (tertiary/aromatic N) is 1. The standard InChI is InChI=1S/C43H65N3O4S.C3H8/c1-5-7-15-33(3)43(49,40-16-12-31-51-40)26-25-34-17-19-36(20-18-34)46(4)28-13-30-50-29-11-9-8-10-27-44-32-35(14-6-2)37-21-23-39(47)42-38(37)22-24-41(48)45-42;1-3-2/h5,7,12,15-16,21-24,31,34-36,44,47,49H,6,8-11,13-14,17-20,25-30,32H2,1-4H3,(H,45,48);3H2,1-2H3/b7-5-,33-15+;. The van der Waals surface area contributed by atoms with E-state index < -0.39 is 5.60 Å². The number of aromatic hydroxyl groups is 1. The Morgan fingerprint density at radius 3 is 2.50 bits per heavy atom. The summed E-state index contributed by atoms with van der Waals surface area (Å²) in [6.45, 7) is 15.2. The lowest BCUT2D eigenvalue weighted by Gasteiger charge is -2.36. The first-order valence-corrected chi connectivity index (χ1v) is 22.0. The van der Waals surface area contributed by atoms with Gasteiger partial charge < -0.3 is 30.2 Å². The van der Waals surface area contributed by atoms with Crippen LogP contribution in [0.2, 0.25) is 0 Å². The summed E-state index contributed by atoms with van der Waals surface area (Å²) in [5.41, 5.74) is 1.68. The van der Waals surface area contributed by atoms with Crippen LogP contribution in [0.1, 0.15) is 141 Å². The maximum absolute atomic E-state index is 11.8. The van der Waals surface area contributed by atoms with Gasteiger partial charge in [-0.25, -0.2) is 0 Å². The summed E-state index contributed by atoms with van der Waals surface area (Å²) in [5, 5.41) is 28.7. The molecule has 1 saturated carbocycles. The number of hydrogen-bond acceptors (Lipinski definition) is 7. The number of H-pyrrole nitrogens is 1. The molecule has 4 N–H and O–H groups in total. The summed E-state index contributed by atoms with van der Waals surface area (Å²) in [6.07, 6.45) is 22.1. The summed E-state index contributed by atoms with van der Waals surface area (Å²) in [6, 6.07) is 11.9. The van der Waals surface area contributed by atoms with Crippen molar-refractivity contribution < 1.29 is 14.9 Å². The molecule has 0 spiro atoms. The number of rotatable bonds is 23. The number of benzene rings is 1. The zero-order chi connectivity index (χ0) is 39.2. The maximum atomic E-state index is 11.8. The molecule has 54 heavy (non-hydrogen) atoms. The van der Waals surface area contributed by atoms with Crippen molar-refractivity contribution in [2.75, 3.05) is 39.9 Å². The number of phenolic OH excluding ortho intramolecular Hbond substituents is 1. The fourth-order valence-electron chi connectivity index (χ4n) is 7.81. The molecule has 3 aromatic rings. The molecule has 1 aliphatic carbocycles. The van der Waals surface area contributed by atoms with Gasteiger partial charge in [-0.05, 0) is 138 Å². The summed E-state index contributed by atoms with van der Waals surface area (Å²) in [7, 11) is 2.28. The van der Waals surface area contributed by atoms with Gasteiger partial charge in [0, 0.05) is 48.7 Å². The lowest BCUT2D eigenvalue weighted by atomic mass is 9.78. The Labute approximate surface area is 331 Å². The second-order valence-corrected chi connectivity index (χ2v) is 16.4. The van der Waals surface area contributed by atoms with Gasteiger partial charge in [-0.1, -0.05) is 76.8 Å². The second kappa shape index (κ2) is 25.4. The van der Waals surface area contributed by atoms with E-state index in [9.17, 15) is 15.0 Å². The van der Waals surface area contributed by atoms with Crippen LogP contribution in [0.3, 0.4) is 0 Å². The van der Waals surface area contributed by atoms with Crippen LogP contribution in [-0.4, -0.2) is 66.0 Å². The molecule has 0 radical (unpaired) electrons. The topological polar surface area (TPSA) is 97.8 Å². The molecule has 1 aromatic carbocycles. The molecular formula is C46H73N3O4S. The quantitative estimate of drug-likeness (QED) is 0.0567. The number of aromatic nitrogens is 1. The lowest BCUT2D eigenvalue weighted by Crippen LogP contribution is -2.36. The Kier molecular flexibility index (Phi) is 21.5. The smallest absolute Gasteiger partial charge is 0.248 e. The normalized spacial score (nSPS) is 18.2. The highest BCUT2D eigenvalue weighted by atomic mass is 32.1. The highest BCUT2D eigenvalue weighted by Crippen LogP contribution is 2.40. The third-order valence-electron chi connectivity index (χ3n) is 11.0. The Morgan fingerprint density at radius 1 is 1.06 bits per heavy atom. The molecule has 302 valence electrons. The first-order valence-electron chi connectivity index (χ1n) is 21.1. The number of thiophene rings is 1. The first kappa shape index (κ1) is 45.6. The third kappa shape index (κ3) is 14.7. The number of nitrogens with one attached hydrogen (secondary N) is 2. The van der Waals surface area contributed by atoms with Crippen LogP contribution in [0.25, 0.3) is 10.9 Å². The van der Waals surface area contributed by atoms with Crippen LogP contribution < -0.4 is 10.9 Å². The number of pyridine rings is 1. The summed E-state index contributed by atoms with van der Waals surface area (Å²) in [5.74, 6) is 1.14. The van der Waals surface area contributed by atoms with Gasteiger partial charge >= 0.3 is 0 Å². The fraction of sp³-hybridized carbons (Fsp3) is 0.630. The molecule has 1 fully saturated rings. The van der Waals surface area contributed by atoms with Crippen LogP contribution >= 0.6 is 11.3 Å². The molecule has 1 aliphatic rings. The number of ether oxygens (including phenoxy) is 1. The van der Waals surface area contributed by atoms with Gasteiger partial charge in [-0.3, -0.25) is 4.79 Å². The first-order chi connectivity index (χ1) is 26.2. The van der Waals surface area contributed by atoms with Gasteiger partial charge in [0.25, 0.3) is 0 Å². The Bertz CT molecular complexity index is 1560. The van der Waals surface area contributed by atoms with Gasteiger partial charge in [0.2, 0.25) is 5.56 Å². The molecule has 0 saturated heterocycles. The Hall–Kier alpha value is -2.75. The number of phenols is 1. The van der Waals surface area contributed by atoms with E-state index >= 15 is 0 Å². The number of aliphatic hydroxyl groups is 1. The molecule has 0 amide bonds. The minimum Gasteiger partial charge on any atom is -0.506 e. The average molecular weight is 764 g/mol. The van der Waals surface area contributed by atoms with Gasteiger partial charge in [0.05, 0.1) is 5.52 Å². The predicted molar refractivity (Wildman–Crippen MR) is 231 cm³/mol. The summed E-state index contributed by atoms with van der Waals surface area (Å²) >= 11 is 1.66. The monoisotopic (exact) mass is 764 g/mol. The molecule has 2 atom stereocenters. The van der Waals surface area contributed by atoms with Gasteiger partial charge in [-0.2, -0.15) is 0 Å². The number of fused-ring (bicyclic) bond motifs is 1. The van der Waals surface area contributed by atoms with Gasteiger partial charge in [0.1, 0.15) is 11.4 Å². The summed E-state index contributed by atoms with van der Waals surface area (Å²) < 4.78 is 6.00. The van der Waals surface area contributed by atoms with Crippen molar-refractivity contribution in [3.05, 3.63) is 86.4 Å². The van der Waals surface area contributed by atoms with Crippen LogP contribution in [0, 0.1) is 5.92 Å². The fourth-order valence-corrected chi connectivity index (χ4v) is 8.73. The van der Waals surface area contributed by atoms with Crippen LogP contribution in [0.5, 0.6) is 5.75 Å².